The first kappa shape index (κ1) is 27.7. The summed E-state index contributed by atoms with van der Waals surface area (Å²) in [6, 6.07) is 3.58. The molecule has 4 heterocycles. The van der Waals surface area contributed by atoms with E-state index in [1.165, 1.54) is 29.8 Å². The Morgan fingerprint density at radius 3 is 2.62 bits per heavy atom. The average Bonchev–Trinajstić information content (AvgIpc) is 3.50. The molecule has 40 heavy (non-hydrogen) atoms. The van der Waals surface area contributed by atoms with Crippen molar-refractivity contribution in [1.82, 2.24) is 20.3 Å². The summed E-state index contributed by atoms with van der Waals surface area (Å²) >= 11 is 7.79. The van der Waals surface area contributed by atoms with Crippen LogP contribution in [0.2, 0.25) is 5.02 Å². The van der Waals surface area contributed by atoms with Crippen LogP contribution in [0.5, 0.6) is 0 Å². The molecular formula is C27H26ClFN6O4S. The molecule has 10 nitrogen and oxygen atoms in total. The van der Waals surface area contributed by atoms with E-state index in [0.29, 0.717) is 65.1 Å². The molecule has 5 rings (SSSR count). The van der Waals surface area contributed by atoms with Crippen molar-refractivity contribution >= 4 is 46.7 Å². The van der Waals surface area contributed by atoms with Crippen LogP contribution >= 0.6 is 22.9 Å². The van der Waals surface area contributed by atoms with Gasteiger partial charge in [-0.05, 0) is 25.8 Å². The lowest BCUT2D eigenvalue weighted by atomic mass is 9.85. The minimum absolute atomic E-state index is 0.0813. The van der Waals surface area contributed by atoms with Gasteiger partial charge in [-0.25, -0.2) is 24.1 Å². The summed E-state index contributed by atoms with van der Waals surface area (Å²) in [4.78, 5) is 44.3. The Labute approximate surface area is 238 Å². The van der Waals surface area contributed by atoms with E-state index in [2.05, 4.69) is 20.3 Å². The van der Waals surface area contributed by atoms with E-state index in [4.69, 9.17) is 26.4 Å². The summed E-state index contributed by atoms with van der Waals surface area (Å²) in [5.74, 6) is -1.18. The summed E-state index contributed by atoms with van der Waals surface area (Å²) in [5, 5.41) is 14.7. The monoisotopic (exact) mass is 584 g/mol. The normalized spacial score (nSPS) is 17.8. The average molecular weight is 585 g/mol. The highest BCUT2D eigenvalue weighted by Gasteiger charge is 2.38. The van der Waals surface area contributed by atoms with Crippen molar-refractivity contribution < 1.29 is 23.8 Å². The number of rotatable bonds is 8. The first-order valence-corrected chi connectivity index (χ1v) is 14.0. The number of esters is 1. The molecule has 1 aromatic carbocycles. The minimum atomic E-state index is -0.943. The molecule has 3 aromatic rings. The lowest BCUT2D eigenvalue weighted by molar-refractivity contribution is -0.139. The molecule has 1 fully saturated rings. The second-order valence-corrected chi connectivity index (χ2v) is 10.5. The summed E-state index contributed by atoms with van der Waals surface area (Å²) in [5.41, 5.74) is 1.84. The predicted octanol–water partition coefficient (Wildman–Crippen LogP) is 4.18. The highest BCUT2D eigenvalue weighted by atomic mass is 35.5. The predicted molar refractivity (Wildman–Crippen MR) is 148 cm³/mol. The van der Waals surface area contributed by atoms with Gasteiger partial charge in [0, 0.05) is 59.8 Å². The number of piperidine rings is 1. The van der Waals surface area contributed by atoms with Crippen LogP contribution in [0.25, 0.3) is 0 Å². The Kier molecular flexibility index (Phi) is 8.36. The Morgan fingerprint density at radius 1 is 1.23 bits per heavy atom. The number of hydrogen-bond donors (Lipinski definition) is 2. The number of benzene rings is 1. The van der Waals surface area contributed by atoms with Gasteiger partial charge in [-0.1, -0.05) is 23.7 Å². The van der Waals surface area contributed by atoms with Gasteiger partial charge in [-0.2, -0.15) is 0 Å². The largest absolute Gasteiger partial charge is 0.481 e. The molecule has 0 saturated carbocycles. The molecule has 0 amide bonds. The summed E-state index contributed by atoms with van der Waals surface area (Å²) in [7, 11) is 0. The number of carboxylic acid groups (broad SMARTS) is 1. The van der Waals surface area contributed by atoms with Gasteiger partial charge in [-0.3, -0.25) is 9.79 Å². The maximum Gasteiger partial charge on any atom is 0.338 e. The van der Waals surface area contributed by atoms with Gasteiger partial charge in [0.2, 0.25) is 5.95 Å². The lowest BCUT2D eigenvalue weighted by Crippen LogP contribution is -2.42. The fourth-order valence-electron chi connectivity index (χ4n) is 4.87. The molecule has 1 saturated heterocycles. The van der Waals surface area contributed by atoms with Crippen molar-refractivity contribution in [3.05, 3.63) is 80.4 Å². The molecule has 0 aliphatic carbocycles. The maximum absolute atomic E-state index is 14.5. The SMILES string of the molecule is CCOC(=O)C1=C(C2CCN(c3ncc(CC(=O)O)cn3)CC2)NC(c2nccs2)=NC1c1cccc(F)c1Cl. The van der Waals surface area contributed by atoms with Crippen LogP contribution in [0.15, 0.2) is 58.4 Å². The number of allylic oxidation sites excluding steroid dienone is 1. The number of nitrogens with one attached hydrogen (secondary N) is 1. The van der Waals surface area contributed by atoms with Gasteiger partial charge in [0.25, 0.3) is 0 Å². The van der Waals surface area contributed by atoms with Crippen LogP contribution in [-0.4, -0.2) is 57.5 Å². The third kappa shape index (κ3) is 5.82. The molecule has 13 heteroatoms. The molecule has 2 aliphatic heterocycles. The standard InChI is InChI=1S/C27H26ClFN6O4S/c1-2-39-26(38)20-22(16-6-9-35(10-7-16)27-31-13-15(14-32-27)12-19(36)37)33-24(25-30-8-11-40-25)34-23(20)17-4-3-5-18(29)21(17)28/h3-5,8,11,13-14,16,23H,2,6-7,9-10,12H2,1H3,(H,33,34)(H,36,37). The van der Waals surface area contributed by atoms with E-state index in [1.54, 1.807) is 25.3 Å². The smallest absolute Gasteiger partial charge is 0.338 e. The first-order valence-electron chi connectivity index (χ1n) is 12.7. The lowest BCUT2D eigenvalue weighted by Gasteiger charge is -2.36. The third-order valence-corrected chi connectivity index (χ3v) is 7.89. The Morgan fingerprint density at radius 2 is 1.98 bits per heavy atom. The van der Waals surface area contributed by atoms with Gasteiger partial charge in [0.1, 0.15) is 11.9 Å². The van der Waals surface area contributed by atoms with Crippen molar-refractivity contribution in [1.29, 1.82) is 0 Å². The zero-order chi connectivity index (χ0) is 28.2. The molecule has 1 atom stereocenters. The van der Waals surface area contributed by atoms with Crippen LogP contribution in [0, 0.1) is 11.7 Å². The summed E-state index contributed by atoms with van der Waals surface area (Å²) in [6.07, 6.45) is 5.88. The van der Waals surface area contributed by atoms with Crippen molar-refractivity contribution in [3.8, 4) is 0 Å². The van der Waals surface area contributed by atoms with Gasteiger partial charge < -0.3 is 20.1 Å². The van der Waals surface area contributed by atoms with E-state index in [9.17, 15) is 14.0 Å². The second kappa shape index (κ2) is 12.1. The Balaban J connectivity index is 1.48. The summed E-state index contributed by atoms with van der Waals surface area (Å²) in [6.45, 7) is 3.08. The van der Waals surface area contributed by atoms with Crippen molar-refractivity contribution in [2.24, 2.45) is 10.9 Å². The van der Waals surface area contributed by atoms with E-state index < -0.39 is 23.8 Å². The maximum atomic E-state index is 14.5. The van der Waals surface area contributed by atoms with Gasteiger partial charge in [0.05, 0.1) is 23.6 Å². The zero-order valence-corrected chi connectivity index (χ0v) is 23.1. The van der Waals surface area contributed by atoms with E-state index in [0.717, 1.165) is 0 Å². The van der Waals surface area contributed by atoms with Crippen molar-refractivity contribution in [2.45, 2.75) is 32.2 Å². The van der Waals surface area contributed by atoms with Crippen LogP contribution < -0.4 is 10.2 Å². The molecular weight excluding hydrogens is 559 g/mol. The zero-order valence-electron chi connectivity index (χ0n) is 21.5. The van der Waals surface area contributed by atoms with Crippen LogP contribution in [0.4, 0.5) is 10.3 Å². The molecule has 2 aromatic heterocycles. The van der Waals surface area contributed by atoms with E-state index in [1.807, 2.05) is 10.3 Å². The number of ether oxygens (including phenoxy) is 1. The number of aliphatic carboxylic acids is 1. The number of carboxylic acids is 1. The number of amidine groups is 1. The van der Waals surface area contributed by atoms with Crippen LogP contribution in [0.1, 0.15) is 41.9 Å². The highest BCUT2D eigenvalue weighted by molar-refractivity contribution is 7.11. The Hall–Kier alpha value is -3.90. The van der Waals surface area contributed by atoms with Crippen molar-refractivity contribution in [3.63, 3.8) is 0 Å². The van der Waals surface area contributed by atoms with E-state index >= 15 is 0 Å². The first-order chi connectivity index (χ1) is 19.4. The minimum Gasteiger partial charge on any atom is -0.481 e. The van der Waals surface area contributed by atoms with Crippen LogP contribution in [0.3, 0.4) is 0 Å². The highest BCUT2D eigenvalue weighted by Crippen LogP contribution is 2.40. The number of anilines is 1. The van der Waals surface area contributed by atoms with Gasteiger partial charge in [-0.15, -0.1) is 11.3 Å². The molecule has 0 spiro atoms. The third-order valence-electron chi connectivity index (χ3n) is 6.71. The quantitative estimate of drug-likeness (QED) is 0.374. The molecule has 1 unspecified atom stereocenters. The number of halogens is 2. The van der Waals surface area contributed by atoms with Crippen molar-refractivity contribution in [2.75, 3.05) is 24.6 Å². The van der Waals surface area contributed by atoms with E-state index in [-0.39, 0.29) is 24.0 Å². The van der Waals surface area contributed by atoms with Gasteiger partial charge >= 0.3 is 11.9 Å². The fraction of sp³-hybridized carbons (Fsp3) is 0.333. The number of aliphatic imine (C=N–C) groups is 1. The summed E-state index contributed by atoms with van der Waals surface area (Å²) < 4.78 is 20.0. The second-order valence-electron chi connectivity index (χ2n) is 9.26. The number of aromatic nitrogens is 3. The molecule has 2 aliphatic rings. The molecule has 0 bridgehead atoms. The van der Waals surface area contributed by atoms with Gasteiger partial charge in [0.15, 0.2) is 10.8 Å². The number of carbonyl (C=O) groups excluding carboxylic acids is 1. The number of hydrogen-bond acceptors (Lipinski definition) is 10. The molecule has 0 radical (unpaired) electrons. The topological polar surface area (TPSA) is 130 Å². The number of nitrogens with zero attached hydrogens (tertiary/aromatic N) is 5. The fourth-order valence-corrected chi connectivity index (χ4v) is 5.69. The Bertz CT molecular complexity index is 1460. The number of thiazole rings is 1. The van der Waals surface area contributed by atoms with Crippen LogP contribution in [-0.2, 0) is 20.7 Å². The molecule has 208 valence electrons. The number of carbonyl (C=O) groups is 2. The molecule has 2 N–H and O–H groups in total.